The van der Waals surface area contributed by atoms with Gasteiger partial charge in [0.25, 0.3) is 5.91 Å². The average molecular weight is 528 g/mol. The van der Waals surface area contributed by atoms with E-state index in [0.29, 0.717) is 30.1 Å². The summed E-state index contributed by atoms with van der Waals surface area (Å²) in [5.74, 6) is 5.98. The van der Waals surface area contributed by atoms with E-state index in [-0.39, 0.29) is 37.2 Å². The van der Waals surface area contributed by atoms with Gasteiger partial charge >= 0.3 is 0 Å². The fourth-order valence-electron chi connectivity index (χ4n) is 4.72. The summed E-state index contributed by atoms with van der Waals surface area (Å²) < 4.78 is 11.4. The summed E-state index contributed by atoms with van der Waals surface area (Å²) in [5.41, 5.74) is 4.57. The number of benzene rings is 2. The van der Waals surface area contributed by atoms with E-state index in [9.17, 15) is 9.90 Å². The monoisotopic (exact) mass is 527 g/mol. The molecule has 7 nitrogen and oxygen atoms in total. The van der Waals surface area contributed by atoms with Gasteiger partial charge in [0, 0.05) is 44.4 Å². The van der Waals surface area contributed by atoms with E-state index in [1.54, 1.807) is 24.3 Å². The zero-order valence-corrected chi connectivity index (χ0v) is 23.1. The number of amides is 1. The molecule has 0 saturated heterocycles. The van der Waals surface area contributed by atoms with Crippen LogP contribution in [-0.4, -0.2) is 78.4 Å². The zero-order chi connectivity index (χ0) is 27.8. The number of aliphatic hydroxyl groups excluding tert-OH is 1. The Kier molecular flexibility index (Phi) is 9.72. The van der Waals surface area contributed by atoms with Crippen molar-refractivity contribution < 1.29 is 19.4 Å². The highest BCUT2D eigenvalue weighted by Crippen LogP contribution is 2.28. The summed E-state index contributed by atoms with van der Waals surface area (Å²) in [6, 6.07) is 20.3. The molecule has 204 valence electrons. The number of nitrogens with zero attached hydrogens (tertiary/aromatic N) is 3. The van der Waals surface area contributed by atoms with Crippen LogP contribution in [0, 0.1) is 17.8 Å². The predicted octanol–water partition coefficient (Wildman–Crippen LogP) is 4.10. The molecule has 1 amide bonds. The van der Waals surface area contributed by atoms with Crippen LogP contribution in [0.1, 0.15) is 35.3 Å². The maximum Gasteiger partial charge on any atom is 0.259 e. The van der Waals surface area contributed by atoms with E-state index in [2.05, 4.69) is 72.1 Å². The number of likely N-dealkylation sites (N-methyl/N-ethyl adjacent to an activating group) is 1. The summed E-state index contributed by atoms with van der Waals surface area (Å²) in [6.07, 6.45) is 1.41. The predicted molar refractivity (Wildman–Crippen MR) is 152 cm³/mol. The second-order valence-corrected chi connectivity index (χ2v) is 10.2. The number of carbonyl (C=O) groups is 1. The van der Waals surface area contributed by atoms with Crippen LogP contribution in [0.3, 0.4) is 0 Å². The lowest BCUT2D eigenvalue weighted by molar-refractivity contribution is 0.0325. The number of aliphatic hydroxyl groups is 1. The van der Waals surface area contributed by atoms with Gasteiger partial charge in [0.1, 0.15) is 18.3 Å². The number of pyridine rings is 1. The summed E-state index contributed by atoms with van der Waals surface area (Å²) in [4.78, 5) is 22.0. The van der Waals surface area contributed by atoms with Crippen LogP contribution in [0.15, 0.2) is 66.9 Å². The van der Waals surface area contributed by atoms with Gasteiger partial charge in [-0.15, -0.1) is 0 Å². The molecule has 0 saturated carbocycles. The molecule has 39 heavy (non-hydrogen) atoms. The number of methoxy groups -OCH3 is 1. The molecule has 7 heteroatoms. The number of hydrogen-bond acceptors (Lipinski definition) is 6. The molecule has 1 aromatic heterocycles. The minimum Gasteiger partial charge on any atom is -0.472 e. The van der Waals surface area contributed by atoms with Crippen LogP contribution in [0.4, 0.5) is 0 Å². The minimum atomic E-state index is -0.337. The Hall–Kier alpha value is -3.70. The Bertz CT molecular complexity index is 1300. The van der Waals surface area contributed by atoms with Crippen LogP contribution in [-0.2, 0) is 11.3 Å². The van der Waals surface area contributed by atoms with Gasteiger partial charge in [0.05, 0.1) is 12.6 Å². The summed E-state index contributed by atoms with van der Waals surface area (Å²) in [7, 11) is 3.65. The normalized spacial score (nSPS) is 17.9. The molecule has 0 bridgehead atoms. The van der Waals surface area contributed by atoms with Crippen LogP contribution < -0.4 is 4.74 Å². The van der Waals surface area contributed by atoms with E-state index in [4.69, 9.17) is 9.47 Å². The second-order valence-electron chi connectivity index (χ2n) is 10.2. The first-order valence-electron chi connectivity index (χ1n) is 13.3. The third-order valence-corrected chi connectivity index (χ3v) is 6.98. The average Bonchev–Trinajstić information content (AvgIpc) is 2.95. The SMILES string of the molecule is COCC#Cc1cnc2c(c1)C(=O)N([C@@H](C)CO)C[C@@H](C)[C@H](CN(C)Cc1ccc(-c3ccccc3)cc1)O2. The molecule has 0 spiro atoms. The van der Waals surface area contributed by atoms with E-state index in [1.165, 1.54) is 16.7 Å². The molecular formula is C32H37N3O4. The van der Waals surface area contributed by atoms with Gasteiger partial charge < -0.3 is 19.5 Å². The summed E-state index contributed by atoms with van der Waals surface area (Å²) in [6.45, 7) is 5.95. The van der Waals surface area contributed by atoms with Crippen LogP contribution >= 0.6 is 0 Å². The highest BCUT2D eigenvalue weighted by atomic mass is 16.5. The highest BCUT2D eigenvalue weighted by molar-refractivity contribution is 5.97. The number of carbonyl (C=O) groups excluding carboxylic acids is 1. The van der Waals surface area contributed by atoms with E-state index in [1.807, 2.05) is 25.1 Å². The molecule has 3 atom stereocenters. The van der Waals surface area contributed by atoms with E-state index in [0.717, 1.165) is 6.54 Å². The Morgan fingerprint density at radius 1 is 1.18 bits per heavy atom. The van der Waals surface area contributed by atoms with Gasteiger partial charge in [-0.05, 0) is 36.7 Å². The maximum absolute atomic E-state index is 13.5. The molecule has 4 rings (SSSR count). The van der Waals surface area contributed by atoms with Gasteiger partial charge in [-0.3, -0.25) is 9.69 Å². The van der Waals surface area contributed by atoms with E-state index >= 15 is 0 Å². The molecule has 1 aliphatic heterocycles. The van der Waals surface area contributed by atoms with Gasteiger partial charge in [-0.25, -0.2) is 4.98 Å². The Morgan fingerprint density at radius 2 is 1.90 bits per heavy atom. The van der Waals surface area contributed by atoms with Crippen LogP contribution in [0.5, 0.6) is 5.88 Å². The Balaban J connectivity index is 1.53. The maximum atomic E-state index is 13.5. The van der Waals surface area contributed by atoms with Gasteiger partial charge in [-0.1, -0.05) is 73.4 Å². The third-order valence-electron chi connectivity index (χ3n) is 6.98. The van der Waals surface area contributed by atoms with Crippen molar-refractivity contribution in [3.63, 3.8) is 0 Å². The number of fused-ring (bicyclic) bond motifs is 1. The lowest BCUT2D eigenvalue weighted by atomic mass is 9.99. The third kappa shape index (κ3) is 7.24. The molecule has 0 radical (unpaired) electrons. The first-order valence-corrected chi connectivity index (χ1v) is 13.3. The quantitative estimate of drug-likeness (QED) is 0.445. The molecule has 1 N–H and O–H groups in total. The Morgan fingerprint density at radius 3 is 2.59 bits per heavy atom. The molecule has 2 aromatic carbocycles. The summed E-state index contributed by atoms with van der Waals surface area (Å²) >= 11 is 0. The van der Waals surface area contributed by atoms with Crippen molar-refractivity contribution in [2.75, 3.05) is 40.5 Å². The van der Waals surface area contributed by atoms with Crippen molar-refractivity contribution >= 4 is 5.91 Å². The topological polar surface area (TPSA) is 75.1 Å². The van der Waals surface area contributed by atoms with Crippen molar-refractivity contribution in [2.45, 2.75) is 32.5 Å². The van der Waals surface area contributed by atoms with Crippen molar-refractivity contribution in [3.05, 3.63) is 83.6 Å². The Labute approximate surface area is 231 Å². The first kappa shape index (κ1) is 28.3. The lowest BCUT2D eigenvalue weighted by Gasteiger charge is -2.37. The van der Waals surface area contributed by atoms with E-state index < -0.39 is 0 Å². The molecule has 0 unspecified atom stereocenters. The van der Waals surface area contributed by atoms with Crippen LogP contribution in [0.2, 0.25) is 0 Å². The molecule has 0 fully saturated rings. The molecule has 0 aliphatic carbocycles. The lowest BCUT2D eigenvalue weighted by Crippen LogP contribution is -2.49. The minimum absolute atomic E-state index is 0.0157. The highest BCUT2D eigenvalue weighted by Gasteiger charge is 2.34. The van der Waals surface area contributed by atoms with Gasteiger partial charge in [0.15, 0.2) is 0 Å². The standard InChI is InChI=1S/C32H37N3O4/c1-23-19-35(24(2)22-36)32(37)29-17-26(9-8-16-38-4)18-33-31(29)39-30(23)21-34(3)20-25-12-14-28(15-13-25)27-10-6-5-7-11-27/h5-7,10-15,17-18,23-24,30,36H,16,19-22H2,1-4H3/t23-,24+,30+/m1/s1. The van der Waals surface area contributed by atoms with Crippen molar-refractivity contribution in [1.29, 1.82) is 0 Å². The number of hydrogen-bond donors (Lipinski definition) is 1. The van der Waals surface area contributed by atoms with Crippen molar-refractivity contribution in [3.8, 4) is 28.8 Å². The van der Waals surface area contributed by atoms with Crippen LogP contribution in [0.25, 0.3) is 11.1 Å². The number of aromatic nitrogens is 1. The summed E-state index contributed by atoms with van der Waals surface area (Å²) in [5, 5.41) is 9.88. The molecule has 3 aromatic rings. The largest absolute Gasteiger partial charge is 0.472 e. The van der Waals surface area contributed by atoms with Crippen molar-refractivity contribution in [2.24, 2.45) is 5.92 Å². The van der Waals surface area contributed by atoms with Gasteiger partial charge in [0.2, 0.25) is 5.88 Å². The van der Waals surface area contributed by atoms with Gasteiger partial charge in [-0.2, -0.15) is 0 Å². The zero-order valence-electron chi connectivity index (χ0n) is 23.1. The molecule has 1 aliphatic rings. The van der Waals surface area contributed by atoms with Crippen molar-refractivity contribution in [1.82, 2.24) is 14.8 Å². The smallest absolute Gasteiger partial charge is 0.259 e. The number of ether oxygens (including phenoxy) is 2. The molecule has 2 heterocycles. The fraction of sp³-hybridized carbons (Fsp3) is 0.375. The fourth-order valence-corrected chi connectivity index (χ4v) is 4.72. The number of rotatable bonds is 8. The second kappa shape index (κ2) is 13.4. The molecular weight excluding hydrogens is 490 g/mol. The first-order chi connectivity index (χ1) is 18.9.